The lowest BCUT2D eigenvalue weighted by Crippen LogP contribution is -2.18. The van der Waals surface area contributed by atoms with Crippen molar-refractivity contribution in [1.82, 2.24) is 4.90 Å². The van der Waals surface area contributed by atoms with Gasteiger partial charge in [-0.1, -0.05) is 44.9 Å². The Balaban J connectivity index is 1.32. The predicted octanol–water partition coefficient (Wildman–Crippen LogP) is 8.92. The van der Waals surface area contributed by atoms with Gasteiger partial charge in [0.15, 0.2) is 0 Å². The van der Waals surface area contributed by atoms with Gasteiger partial charge < -0.3 is 33.3 Å². The molecule has 3 rings (SSSR count). The van der Waals surface area contributed by atoms with Crippen LogP contribution in [0, 0.1) is 0 Å². The van der Waals surface area contributed by atoms with Gasteiger partial charge in [0.2, 0.25) is 0 Å². The molecular weight excluding hydrogens is 753 g/mol. The highest BCUT2D eigenvalue weighted by Crippen LogP contribution is 2.22. The van der Waals surface area contributed by atoms with E-state index in [1.54, 1.807) is 79.0 Å². The number of nitrogens with zero attached hydrogens (tertiary/aromatic N) is 2. The van der Waals surface area contributed by atoms with Crippen molar-refractivity contribution in [2.45, 2.75) is 58.3 Å². The van der Waals surface area contributed by atoms with E-state index in [0.717, 1.165) is 56.8 Å². The fourth-order valence-corrected chi connectivity index (χ4v) is 5.33. The van der Waals surface area contributed by atoms with Crippen molar-refractivity contribution in [3.63, 3.8) is 0 Å². The number of benzene rings is 3. The van der Waals surface area contributed by atoms with Gasteiger partial charge in [0, 0.05) is 37.7 Å². The molecule has 59 heavy (non-hydrogen) atoms. The Bertz CT molecular complexity index is 1850. The number of carbonyl (C=O) groups is 4. The molecule has 0 amide bonds. The van der Waals surface area contributed by atoms with E-state index in [-0.39, 0.29) is 11.7 Å². The summed E-state index contributed by atoms with van der Waals surface area (Å²) in [5.74, 6) is -0.122. The van der Waals surface area contributed by atoms with Crippen LogP contribution in [0.5, 0.6) is 23.0 Å². The SMILES string of the molecule is C=CC(=O)OCCCCCCCCN(C)C(/C=C\C)=C/C=NCCOc1ccc(C(=O)Oc2ccc(OC(=O)c3ccc(OCCCCOC(=O)C=C)cc3)cc2)cc1. The molecule has 0 aliphatic heterocycles. The number of unbranched alkanes of at least 4 members (excludes halogenated alkanes) is 6. The zero-order valence-corrected chi connectivity index (χ0v) is 34.2. The van der Waals surface area contributed by atoms with Crippen LogP contribution < -0.4 is 18.9 Å². The molecule has 0 aliphatic rings. The summed E-state index contributed by atoms with van der Waals surface area (Å²) in [7, 11) is 2.08. The Morgan fingerprint density at radius 3 is 1.54 bits per heavy atom. The summed E-state index contributed by atoms with van der Waals surface area (Å²) in [6, 6.07) is 19.4. The van der Waals surface area contributed by atoms with Crippen LogP contribution in [0.1, 0.15) is 79.0 Å². The molecule has 0 bridgehead atoms. The number of carbonyl (C=O) groups excluding carboxylic acids is 4. The molecule has 0 heterocycles. The smallest absolute Gasteiger partial charge is 0.343 e. The Labute approximate surface area is 347 Å². The summed E-state index contributed by atoms with van der Waals surface area (Å²) < 4.78 is 32.4. The van der Waals surface area contributed by atoms with E-state index in [1.165, 1.54) is 6.08 Å². The molecule has 0 atom stereocenters. The number of likely N-dealkylation sites (N-methyl/N-ethyl adjacent to an activating group) is 1. The minimum atomic E-state index is -0.549. The Hall–Kier alpha value is -6.43. The Kier molecular flexibility index (Phi) is 22.3. The van der Waals surface area contributed by atoms with Gasteiger partial charge in [0.05, 0.1) is 37.5 Å². The van der Waals surface area contributed by atoms with Crippen LogP contribution in [0.2, 0.25) is 0 Å². The molecule has 0 aromatic heterocycles. The lowest BCUT2D eigenvalue weighted by atomic mass is 10.1. The zero-order chi connectivity index (χ0) is 42.5. The van der Waals surface area contributed by atoms with E-state index >= 15 is 0 Å². The van der Waals surface area contributed by atoms with Crippen molar-refractivity contribution in [3.8, 4) is 23.0 Å². The topological polar surface area (TPSA) is 139 Å². The fraction of sp³-hybridized carbons (Fsp3) is 0.340. The minimum Gasteiger partial charge on any atom is -0.494 e. The van der Waals surface area contributed by atoms with Gasteiger partial charge in [-0.15, -0.1) is 0 Å². The minimum absolute atomic E-state index is 0.289. The van der Waals surface area contributed by atoms with E-state index in [1.807, 2.05) is 19.1 Å². The average Bonchev–Trinajstić information content (AvgIpc) is 3.25. The molecule has 0 unspecified atom stereocenters. The van der Waals surface area contributed by atoms with Crippen LogP contribution in [-0.4, -0.2) is 81.6 Å². The number of ether oxygens (including phenoxy) is 6. The van der Waals surface area contributed by atoms with Crippen LogP contribution in [0.4, 0.5) is 0 Å². The molecule has 3 aromatic rings. The molecule has 3 aromatic carbocycles. The second-order valence-corrected chi connectivity index (χ2v) is 13.1. The maximum absolute atomic E-state index is 12.8. The number of hydrogen-bond acceptors (Lipinski definition) is 12. The lowest BCUT2D eigenvalue weighted by Gasteiger charge is -2.20. The quantitative estimate of drug-likeness (QED) is 0.0174. The summed E-state index contributed by atoms with van der Waals surface area (Å²) in [5.41, 5.74) is 1.76. The first kappa shape index (κ1) is 46.9. The van der Waals surface area contributed by atoms with Crippen molar-refractivity contribution in [2.24, 2.45) is 4.99 Å². The summed E-state index contributed by atoms with van der Waals surface area (Å²) in [5, 5.41) is 0. The monoisotopic (exact) mass is 808 g/mol. The maximum atomic E-state index is 12.8. The van der Waals surface area contributed by atoms with Gasteiger partial charge in [-0.05, 0) is 118 Å². The van der Waals surface area contributed by atoms with Crippen molar-refractivity contribution < 1.29 is 47.6 Å². The summed E-state index contributed by atoms with van der Waals surface area (Å²) in [4.78, 5) is 54.2. The largest absolute Gasteiger partial charge is 0.494 e. The molecule has 0 saturated heterocycles. The van der Waals surface area contributed by atoms with E-state index in [9.17, 15) is 19.2 Å². The highest BCUT2D eigenvalue weighted by atomic mass is 16.5. The molecule has 0 radical (unpaired) electrons. The third-order valence-corrected chi connectivity index (χ3v) is 8.56. The van der Waals surface area contributed by atoms with Crippen LogP contribution in [0.25, 0.3) is 0 Å². The third-order valence-electron chi connectivity index (χ3n) is 8.56. The molecule has 12 heteroatoms. The van der Waals surface area contributed by atoms with Gasteiger partial charge in [-0.2, -0.15) is 0 Å². The third kappa shape index (κ3) is 19.5. The lowest BCUT2D eigenvalue weighted by molar-refractivity contribution is -0.138. The van der Waals surface area contributed by atoms with Crippen LogP contribution in [0.3, 0.4) is 0 Å². The Morgan fingerprint density at radius 1 is 0.593 bits per heavy atom. The molecule has 12 nitrogen and oxygen atoms in total. The van der Waals surface area contributed by atoms with Gasteiger partial charge in [0.1, 0.15) is 29.6 Å². The number of aliphatic imine (C=N–C) groups is 1. The molecule has 0 N–H and O–H groups in total. The summed E-state index contributed by atoms with van der Waals surface area (Å²) in [6.07, 6.45) is 17.9. The summed E-state index contributed by atoms with van der Waals surface area (Å²) in [6.45, 7) is 11.7. The molecule has 0 spiro atoms. The van der Waals surface area contributed by atoms with E-state index < -0.39 is 17.9 Å². The van der Waals surface area contributed by atoms with Crippen molar-refractivity contribution in [2.75, 3.05) is 46.6 Å². The van der Waals surface area contributed by atoms with Gasteiger partial charge in [0.25, 0.3) is 0 Å². The van der Waals surface area contributed by atoms with Crippen molar-refractivity contribution >= 4 is 30.1 Å². The normalized spacial score (nSPS) is 11.2. The van der Waals surface area contributed by atoms with Crippen LogP contribution in [0.15, 0.2) is 127 Å². The van der Waals surface area contributed by atoms with Gasteiger partial charge >= 0.3 is 23.9 Å². The highest BCUT2D eigenvalue weighted by Gasteiger charge is 2.12. The first-order valence-electron chi connectivity index (χ1n) is 19.8. The summed E-state index contributed by atoms with van der Waals surface area (Å²) >= 11 is 0. The first-order chi connectivity index (χ1) is 28.7. The zero-order valence-electron chi connectivity index (χ0n) is 34.2. The first-order valence-corrected chi connectivity index (χ1v) is 19.8. The van der Waals surface area contributed by atoms with Crippen LogP contribution >= 0.6 is 0 Å². The number of esters is 4. The second kappa shape index (κ2) is 28.0. The maximum Gasteiger partial charge on any atom is 0.343 e. The van der Waals surface area contributed by atoms with Crippen LogP contribution in [-0.2, 0) is 19.1 Å². The van der Waals surface area contributed by atoms with Crippen molar-refractivity contribution in [1.29, 1.82) is 0 Å². The van der Waals surface area contributed by atoms with Gasteiger partial charge in [-0.25, -0.2) is 19.2 Å². The van der Waals surface area contributed by atoms with E-state index in [4.69, 9.17) is 28.4 Å². The van der Waals surface area contributed by atoms with E-state index in [2.05, 4.69) is 36.2 Å². The molecular formula is C47H56N2O10. The number of allylic oxidation sites excluding steroid dienone is 3. The van der Waals surface area contributed by atoms with E-state index in [0.29, 0.717) is 74.2 Å². The number of hydrogen-bond donors (Lipinski definition) is 0. The fourth-order valence-electron chi connectivity index (χ4n) is 5.33. The standard InChI is InChI=1S/C47H56N2O10/c1-5-16-39(49(4)32-12-10-8-9-11-13-34-56-44(50)6-2)29-30-48-31-36-55-41-23-19-38(20-24-41)47(53)59-43-27-25-42(26-28-43)58-46(52)37-17-21-40(22-18-37)54-33-14-15-35-57-45(51)7-3/h5-7,16-30H,2-3,8-15,31-36H2,1,4H3/b16-5-,39-29+,48-30?. The number of rotatable bonds is 28. The molecule has 0 aliphatic carbocycles. The second-order valence-electron chi connectivity index (χ2n) is 13.1. The molecule has 314 valence electrons. The predicted molar refractivity (Wildman–Crippen MR) is 228 cm³/mol. The molecule has 0 fully saturated rings. The van der Waals surface area contributed by atoms with Gasteiger partial charge in [-0.3, -0.25) is 4.99 Å². The highest BCUT2D eigenvalue weighted by molar-refractivity contribution is 5.92. The molecule has 0 saturated carbocycles. The van der Waals surface area contributed by atoms with Crippen molar-refractivity contribution in [3.05, 3.63) is 133 Å². The average molecular weight is 809 g/mol. The Morgan fingerprint density at radius 2 is 1.03 bits per heavy atom.